The van der Waals surface area contributed by atoms with Crippen LogP contribution in [-0.2, 0) is 32.6 Å². The second-order valence-corrected chi connectivity index (χ2v) is 15.1. The number of amides is 2. The number of sulfonamides is 1. The second-order valence-electron chi connectivity index (χ2n) is 12.4. The highest BCUT2D eigenvalue weighted by Crippen LogP contribution is 2.33. The number of hydrogen-bond donors (Lipinski definition) is 3. The van der Waals surface area contributed by atoms with Crippen LogP contribution in [0.3, 0.4) is 0 Å². The molecule has 1 aliphatic heterocycles. The van der Waals surface area contributed by atoms with Crippen LogP contribution in [0.15, 0.2) is 41.3 Å². The third-order valence-corrected chi connectivity index (χ3v) is 9.81. The Morgan fingerprint density at radius 2 is 1.85 bits per heavy atom. The molecule has 0 radical (unpaired) electrons. The molecule has 2 aromatic carbocycles. The van der Waals surface area contributed by atoms with Gasteiger partial charge in [0.25, 0.3) is 0 Å². The molecule has 4 rings (SSSR count). The van der Waals surface area contributed by atoms with Gasteiger partial charge in [0, 0.05) is 24.2 Å². The number of halogens is 2. The smallest absolute Gasteiger partial charge is 0.243 e. The highest BCUT2D eigenvalue weighted by Gasteiger charge is 2.46. The van der Waals surface area contributed by atoms with Crippen molar-refractivity contribution in [2.45, 2.75) is 94.9 Å². The molecule has 218 valence electrons. The van der Waals surface area contributed by atoms with Gasteiger partial charge >= 0.3 is 0 Å². The fraction of sp³-hybridized carbons (Fsp3) is 0.517. The van der Waals surface area contributed by atoms with Crippen molar-refractivity contribution in [1.29, 1.82) is 0 Å². The molecule has 2 aromatic rings. The number of carbonyl (C=O) groups is 2. The lowest BCUT2D eigenvalue weighted by Gasteiger charge is -2.42. The summed E-state index contributed by atoms with van der Waals surface area (Å²) >= 11 is 12.1. The summed E-state index contributed by atoms with van der Waals surface area (Å²) in [4.78, 5) is 26.4. The maximum absolute atomic E-state index is 13.7. The second kappa shape index (κ2) is 11.6. The topological polar surface area (TPSA) is 108 Å². The molecule has 0 aromatic heterocycles. The molecular formula is C29H38Cl2N4O4S. The lowest BCUT2D eigenvalue weighted by Crippen LogP contribution is -2.66. The molecule has 1 fully saturated rings. The predicted molar refractivity (Wildman–Crippen MR) is 158 cm³/mol. The number of piperazine rings is 1. The molecule has 2 amide bonds. The van der Waals surface area contributed by atoms with E-state index in [1.54, 1.807) is 13.8 Å². The fourth-order valence-corrected chi connectivity index (χ4v) is 7.37. The Morgan fingerprint density at radius 1 is 1.12 bits per heavy atom. The van der Waals surface area contributed by atoms with Gasteiger partial charge in [0.15, 0.2) is 0 Å². The van der Waals surface area contributed by atoms with Gasteiger partial charge in [-0.1, -0.05) is 41.4 Å². The van der Waals surface area contributed by atoms with Crippen molar-refractivity contribution in [2.75, 3.05) is 6.54 Å². The summed E-state index contributed by atoms with van der Waals surface area (Å²) in [6, 6.07) is 8.93. The van der Waals surface area contributed by atoms with Gasteiger partial charge in [0.2, 0.25) is 21.8 Å². The highest BCUT2D eigenvalue weighted by atomic mass is 35.5. The van der Waals surface area contributed by atoms with Crippen LogP contribution in [-0.4, -0.2) is 48.2 Å². The first-order valence-electron chi connectivity index (χ1n) is 13.5. The molecule has 3 N–H and O–H groups in total. The van der Waals surface area contributed by atoms with Crippen LogP contribution in [0, 0.1) is 0 Å². The Hall–Kier alpha value is -2.17. The monoisotopic (exact) mass is 608 g/mol. The summed E-state index contributed by atoms with van der Waals surface area (Å²) in [7, 11) is -4.16. The van der Waals surface area contributed by atoms with Gasteiger partial charge in [-0.15, -0.1) is 0 Å². The van der Waals surface area contributed by atoms with E-state index >= 15 is 0 Å². The zero-order chi connectivity index (χ0) is 29.5. The number of nitrogens with one attached hydrogen (secondary N) is 3. The van der Waals surface area contributed by atoms with E-state index in [9.17, 15) is 18.0 Å². The number of fused-ring (bicyclic) bond motifs is 1. The standard InChI is InChI=1S/C29H38Cl2N4O4S/c1-28(2,3)32-16-18-9-11-21-19(13-18)7-6-8-24(21)33-26(36)15-25-27(37)34-29(4,5)17-35(25)40(38,39)20-10-12-22(30)23(31)14-20/h9-14,24-25,32H,6-8,15-17H2,1-5H3,(H,33,36)(H,34,37)/t24-,25-/m1/s1. The number of hydrogen-bond acceptors (Lipinski definition) is 5. The first kappa shape index (κ1) is 30.8. The minimum absolute atomic E-state index is 0.00307. The van der Waals surface area contributed by atoms with Crippen LogP contribution in [0.1, 0.15) is 76.6 Å². The van der Waals surface area contributed by atoms with Gasteiger partial charge in [-0.2, -0.15) is 4.31 Å². The molecule has 1 aliphatic carbocycles. The van der Waals surface area contributed by atoms with Crippen molar-refractivity contribution in [1.82, 2.24) is 20.3 Å². The van der Waals surface area contributed by atoms with Gasteiger partial charge in [-0.3, -0.25) is 9.59 Å². The minimum Gasteiger partial charge on any atom is -0.349 e. The molecule has 2 atom stereocenters. The molecule has 1 heterocycles. The molecule has 11 heteroatoms. The number of carbonyl (C=O) groups excluding carboxylic acids is 2. The number of rotatable bonds is 7. The Balaban J connectivity index is 1.53. The van der Waals surface area contributed by atoms with Gasteiger partial charge in [-0.05, 0) is 88.8 Å². The number of benzene rings is 2. The van der Waals surface area contributed by atoms with Gasteiger partial charge in [-0.25, -0.2) is 8.42 Å². The molecular weight excluding hydrogens is 571 g/mol. The van der Waals surface area contributed by atoms with Crippen LogP contribution >= 0.6 is 23.2 Å². The maximum atomic E-state index is 13.7. The lowest BCUT2D eigenvalue weighted by atomic mass is 9.86. The van der Waals surface area contributed by atoms with E-state index in [0.29, 0.717) is 0 Å². The molecule has 0 spiro atoms. The first-order chi connectivity index (χ1) is 18.6. The summed E-state index contributed by atoms with van der Waals surface area (Å²) < 4.78 is 28.5. The van der Waals surface area contributed by atoms with Crippen LogP contribution in [0.4, 0.5) is 0 Å². The predicted octanol–water partition coefficient (Wildman–Crippen LogP) is 4.73. The quantitative estimate of drug-likeness (QED) is 0.421. The summed E-state index contributed by atoms with van der Waals surface area (Å²) in [5.74, 6) is -0.902. The largest absolute Gasteiger partial charge is 0.349 e. The molecule has 2 aliphatic rings. The lowest BCUT2D eigenvalue weighted by molar-refractivity contribution is -0.134. The van der Waals surface area contributed by atoms with E-state index in [2.05, 4.69) is 54.9 Å². The summed E-state index contributed by atoms with van der Waals surface area (Å²) in [6.07, 6.45) is 2.32. The molecule has 8 nitrogen and oxygen atoms in total. The number of nitrogens with zero attached hydrogens (tertiary/aromatic N) is 1. The van der Waals surface area contributed by atoms with Crippen molar-refractivity contribution in [3.8, 4) is 0 Å². The summed E-state index contributed by atoms with van der Waals surface area (Å²) in [6.45, 7) is 10.6. The third-order valence-electron chi connectivity index (χ3n) is 7.22. The molecule has 0 unspecified atom stereocenters. The van der Waals surface area contributed by atoms with Crippen molar-refractivity contribution in [3.05, 3.63) is 63.1 Å². The van der Waals surface area contributed by atoms with Crippen molar-refractivity contribution < 1.29 is 18.0 Å². The maximum Gasteiger partial charge on any atom is 0.243 e. The van der Waals surface area contributed by atoms with Crippen molar-refractivity contribution in [2.24, 2.45) is 0 Å². The van der Waals surface area contributed by atoms with E-state index in [1.807, 2.05) is 0 Å². The van der Waals surface area contributed by atoms with E-state index in [4.69, 9.17) is 23.2 Å². The van der Waals surface area contributed by atoms with E-state index in [-0.39, 0.29) is 45.4 Å². The van der Waals surface area contributed by atoms with Gasteiger partial charge in [0.05, 0.1) is 27.4 Å². The highest BCUT2D eigenvalue weighted by molar-refractivity contribution is 7.89. The average Bonchev–Trinajstić information content (AvgIpc) is 2.85. The number of aryl methyl sites for hydroxylation is 1. The van der Waals surface area contributed by atoms with Gasteiger partial charge < -0.3 is 16.0 Å². The van der Waals surface area contributed by atoms with Crippen LogP contribution in [0.2, 0.25) is 10.0 Å². The molecule has 0 bridgehead atoms. The Morgan fingerprint density at radius 3 is 2.52 bits per heavy atom. The van der Waals surface area contributed by atoms with Crippen LogP contribution in [0.25, 0.3) is 0 Å². The van der Waals surface area contributed by atoms with Crippen molar-refractivity contribution >= 4 is 45.0 Å². The Bertz CT molecular complexity index is 1410. The molecule has 1 saturated heterocycles. The molecule has 0 saturated carbocycles. The first-order valence-corrected chi connectivity index (χ1v) is 15.7. The van der Waals surface area contributed by atoms with Crippen molar-refractivity contribution in [3.63, 3.8) is 0 Å². The SMILES string of the molecule is CC(C)(C)NCc1ccc2c(c1)CCC[C@H]2NC(=O)C[C@@H]1C(=O)NC(C)(C)CN1S(=O)(=O)c1ccc(Cl)c(Cl)c1. The normalized spacial score (nSPS) is 21.4. The van der Waals surface area contributed by atoms with E-state index in [0.717, 1.165) is 35.7 Å². The summed E-state index contributed by atoms with van der Waals surface area (Å²) in [5, 5.41) is 9.74. The summed E-state index contributed by atoms with van der Waals surface area (Å²) in [5.41, 5.74) is 2.63. The third kappa shape index (κ3) is 7.18. The van der Waals surface area contributed by atoms with Crippen LogP contribution in [0.5, 0.6) is 0 Å². The van der Waals surface area contributed by atoms with E-state index in [1.165, 1.54) is 29.3 Å². The fourth-order valence-electron chi connectivity index (χ4n) is 5.23. The minimum atomic E-state index is -4.16. The zero-order valence-electron chi connectivity index (χ0n) is 23.6. The van der Waals surface area contributed by atoms with Crippen LogP contribution < -0.4 is 16.0 Å². The van der Waals surface area contributed by atoms with Gasteiger partial charge in [0.1, 0.15) is 6.04 Å². The zero-order valence-corrected chi connectivity index (χ0v) is 25.9. The molecule has 40 heavy (non-hydrogen) atoms. The van der Waals surface area contributed by atoms with E-state index < -0.39 is 27.5 Å². The Labute approximate surface area is 247 Å². The Kier molecular flexibility index (Phi) is 8.93. The average molecular weight is 610 g/mol.